The predicted octanol–water partition coefficient (Wildman–Crippen LogP) is 4.91. The first kappa shape index (κ1) is 23.8. The zero-order valence-corrected chi connectivity index (χ0v) is 17.9. The highest BCUT2D eigenvalue weighted by Gasteiger charge is 2.29. The zero-order valence-electron chi connectivity index (χ0n) is 17.9. The molecule has 1 heterocycles. The summed E-state index contributed by atoms with van der Waals surface area (Å²) in [5.41, 5.74) is 1.59. The van der Waals surface area contributed by atoms with Gasteiger partial charge in [-0.1, -0.05) is 35.5 Å². The Morgan fingerprint density at radius 2 is 1.72 bits per heavy atom. The molecule has 2 aromatic rings. The molecule has 1 atom stereocenters. The number of nitrogens with zero attached hydrogens (tertiary/aromatic N) is 3. The number of hydrogen-bond acceptors (Lipinski definition) is 5. The molecule has 1 fully saturated rings. The third-order valence-electron chi connectivity index (χ3n) is 5.65. The molecule has 1 unspecified atom stereocenters. The SMILES string of the molecule is CC(=NO)C(CCN1CCN(c2ccccc2OCC(F)(F)F)CC1)c1ccccc1F. The van der Waals surface area contributed by atoms with E-state index in [9.17, 15) is 22.8 Å². The van der Waals surface area contributed by atoms with Crippen molar-refractivity contribution in [3.8, 4) is 5.75 Å². The van der Waals surface area contributed by atoms with Crippen LogP contribution >= 0.6 is 0 Å². The Morgan fingerprint density at radius 1 is 1.06 bits per heavy atom. The molecule has 5 nitrogen and oxygen atoms in total. The van der Waals surface area contributed by atoms with Crippen molar-refractivity contribution in [3.05, 3.63) is 59.9 Å². The van der Waals surface area contributed by atoms with E-state index in [1.54, 1.807) is 49.4 Å². The molecule has 3 rings (SSSR count). The lowest BCUT2D eigenvalue weighted by molar-refractivity contribution is -0.153. The fourth-order valence-corrected chi connectivity index (χ4v) is 3.94. The number of benzene rings is 2. The minimum absolute atomic E-state index is 0.215. The first-order valence-electron chi connectivity index (χ1n) is 10.5. The van der Waals surface area contributed by atoms with Crippen LogP contribution in [0, 0.1) is 5.82 Å². The summed E-state index contributed by atoms with van der Waals surface area (Å²) in [6.07, 6.45) is -3.81. The standard InChI is InChI=1S/C23H27F4N3O2/c1-17(28-31)18(19-6-2-3-7-20(19)24)10-11-29-12-14-30(15-13-29)21-8-4-5-9-22(21)32-16-23(25,26)27/h2-9,18,31H,10-16H2,1H3. The average molecular weight is 453 g/mol. The summed E-state index contributed by atoms with van der Waals surface area (Å²) in [7, 11) is 0. The number of piperazine rings is 1. The van der Waals surface area contributed by atoms with Gasteiger partial charge >= 0.3 is 6.18 Å². The summed E-state index contributed by atoms with van der Waals surface area (Å²) in [6, 6.07) is 13.2. The quantitative estimate of drug-likeness (QED) is 0.267. The first-order chi connectivity index (χ1) is 15.3. The predicted molar refractivity (Wildman–Crippen MR) is 115 cm³/mol. The van der Waals surface area contributed by atoms with Gasteiger partial charge in [-0.15, -0.1) is 0 Å². The van der Waals surface area contributed by atoms with E-state index >= 15 is 0 Å². The Kier molecular flexibility index (Phi) is 7.95. The van der Waals surface area contributed by atoms with Crippen molar-refractivity contribution in [1.29, 1.82) is 0 Å². The molecule has 1 N–H and O–H groups in total. The van der Waals surface area contributed by atoms with Crippen molar-refractivity contribution in [2.45, 2.75) is 25.4 Å². The number of hydrogen-bond donors (Lipinski definition) is 1. The Bertz CT molecular complexity index is 912. The third kappa shape index (κ3) is 6.35. The Labute approximate surface area is 184 Å². The summed E-state index contributed by atoms with van der Waals surface area (Å²) >= 11 is 0. The second-order valence-corrected chi connectivity index (χ2v) is 7.80. The van der Waals surface area contributed by atoms with Crippen molar-refractivity contribution in [3.63, 3.8) is 0 Å². The molecule has 174 valence electrons. The van der Waals surface area contributed by atoms with Crippen LogP contribution in [0.15, 0.2) is 53.7 Å². The summed E-state index contributed by atoms with van der Waals surface area (Å²) in [6.45, 7) is 3.68. The topological polar surface area (TPSA) is 48.3 Å². The number of oxime groups is 1. The highest BCUT2D eigenvalue weighted by molar-refractivity contribution is 5.88. The van der Waals surface area contributed by atoms with E-state index in [0.717, 1.165) is 0 Å². The van der Waals surface area contributed by atoms with Gasteiger partial charge in [-0.3, -0.25) is 4.90 Å². The van der Waals surface area contributed by atoms with Crippen molar-refractivity contribution < 1.29 is 27.5 Å². The molecule has 0 aliphatic carbocycles. The summed E-state index contributed by atoms with van der Waals surface area (Å²) < 4.78 is 56.9. The lowest BCUT2D eigenvalue weighted by Gasteiger charge is -2.37. The van der Waals surface area contributed by atoms with Crippen LogP contribution in [0.2, 0.25) is 0 Å². The molecule has 0 radical (unpaired) electrons. The zero-order chi connectivity index (χ0) is 23.1. The van der Waals surface area contributed by atoms with Gasteiger partial charge < -0.3 is 14.8 Å². The Hall–Kier alpha value is -2.81. The van der Waals surface area contributed by atoms with E-state index < -0.39 is 12.8 Å². The van der Waals surface area contributed by atoms with Crippen LogP contribution in [-0.4, -0.2) is 61.3 Å². The van der Waals surface area contributed by atoms with Gasteiger partial charge in [0.25, 0.3) is 0 Å². The van der Waals surface area contributed by atoms with E-state index in [0.29, 0.717) is 56.1 Å². The second-order valence-electron chi connectivity index (χ2n) is 7.80. The largest absolute Gasteiger partial charge is 0.482 e. The fourth-order valence-electron chi connectivity index (χ4n) is 3.94. The van der Waals surface area contributed by atoms with Crippen molar-refractivity contribution in [2.75, 3.05) is 44.2 Å². The lowest BCUT2D eigenvalue weighted by atomic mass is 9.91. The number of para-hydroxylation sites is 2. The maximum absolute atomic E-state index is 14.3. The highest BCUT2D eigenvalue weighted by Crippen LogP contribution is 2.31. The van der Waals surface area contributed by atoms with Gasteiger partial charge in [0.1, 0.15) is 11.6 Å². The van der Waals surface area contributed by atoms with Crippen LogP contribution in [0.25, 0.3) is 0 Å². The van der Waals surface area contributed by atoms with E-state index in [2.05, 4.69) is 10.1 Å². The molecule has 0 amide bonds. The van der Waals surface area contributed by atoms with Crippen LogP contribution < -0.4 is 9.64 Å². The molecule has 1 aliphatic rings. The van der Waals surface area contributed by atoms with Gasteiger partial charge in [-0.05, 0) is 43.7 Å². The molecular weight excluding hydrogens is 426 g/mol. The summed E-state index contributed by atoms with van der Waals surface area (Å²) in [5, 5.41) is 12.5. The van der Waals surface area contributed by atoms with Gasteiger partial charge in [0.2, 0.25) is 0 Å². The van der Waals surface area contributed by atoms with Gasteiger partial charge in [0.15, 0.2) is 6.61 Å². The van der Waals surface area contributed by atoms with Crippen LogP contribution in [0.3, 0.4) is 0 Å². The molecule has 32 heavy (non-hydrogen) atoms. The van der Waals surface area contributed by atoms with Crippen LogP contribution in [0.4, 0.5) is 23.2 Å². The van der Waals surface area contributed by atoms with Crippen molar-refractivity contribution in [1.82, 2.24) is 4.90 Å². The maximum Gasteiger partial charge on any atom is 0.422 e. The van der Waals surface area contributed by atoms with Crippen molar-refractivity contribution >= 4 is 11.4 Å². The monoisotopic (exact) mass is 453 g/mol. The summed E-state index contributed by atoms with van der Waals surface area (Å²) in [5.74, 6) is -0.454. The van der Waals surface area contributed by atoms with Crippen LogP contribution in [0.1, 0.15) is 24.8 Å². The third-order valence-corrected chi connectivity index (χ3v) is 5.65. The lowest BCUT2D eigenvalue weighted by Crippen LogP contribution is -2.47. The van der Waals surface area contributed by atoms with E-state index in [1.165, 1.54) is 6.07 Å². The van der Waals surface area contributed by atoms with E-state index in [-0.39, 0.29) is 17.5 Å². The molecular formula is C23H27F4N3O2. The van der Waals surface area contributed by atoms with Crippen LogP contribution in [0.5, 0.6) is 5.75 Å². The number of rotatable bonds is 8. The molecule has 0 spiro atoms. The van der Waals surface area contributed by atoms with Gasteiger partial charge in [-0.25, -0.2) is 4.39 Å². The Morgan fingerprint density at radius 3 is 2.38 bits per heavy atom. The van der Waals surface area contributed by atoms with Crippen molar-refractivity contribution in [2.24, 2.45) is 5.16 Å². The number of ether oxygens (including phenoxy) is 1. The number of anilines is 1. The molecule has 1 aliphatic heterocycles. The molecule has 0 saturated carbocycles. The van der Waals surface area contributed by atoms with Gasteiger partial charge in [0.05, 0.1) is 11.4 Å². The number of halogens is 4. The van der Waals surface area contributed by atoms with E-state index in [4.69, 9.17) is 4.74 Å². The molecule has 0 bridgehead atoms. The molecule has 1 saturated heterocycles. The second kappa shape index (κ2) is 10.7. The first-order valence-corrected chi connectivity index (χ1v) is 10.5. The van der Waals surface area contributed by atoms with E-state index in [1.807, 2.05) is 4.90 Å². The minimum atomic E-state index is -4.39. The minimum Gasteiger partial charge on any atom is -0.482 e. The maximum atomic E-state index is 14.3. The molecule has 2 aromatic carbocycles. The molecule has 0 aromatic heterocycles. The fraction of sp³-hybridized carbons (Fsp3) is 0.435. The smallest absolute Gasteiger partial charge is 0.422 e. The van der Waals surface area contributed by atoms with Gasteiger partial charge in [0, 0.05) is 32.1 Å². The normalized spacial score (nSPS) is 16.8. The Balaban J connectivity index is 1.59. The van der Waals surface area contributed by atoms with Crippen LogP contribution in [-0.2, 0) is 0 Å². The number of alkyl halides is 3. The highest BCUT2D eigenvalue weighted by atomic mass is 19.4. The summed E-state index contributed by atoms with van der Waals surface area (Å²) in [4.78, 5) is 4.23. The van der Waals surface area contributed by atoms with Gasteiger partial charge in [-0.2, -0.15) is 13.2 Å². The molecule has 9 heteroatoms. The average Bonchev–Trinajstić information content (AvgIpc) is 2.79.